The molecule has 0 unspecified atom stereocenters. The number of hydrogen-bond acceptors (Lipinski definition) is 15. The molecule has 0 saturated carbocycles. The number of methoxy groups -OCH3 is 2. The Balaban J connectivity index is 0.000000241. The third-order valence-electron chi connectivity index (χ3n) is 11.3. The van der Waals surface area contributed by atoms with Crippen molar-refractivity contribution in [3.63, 3.8) is 0 Å². The molecular formula is C52H42CaCl2N6O12S2. The van der Waals surface area contributed by atoms with Crippen LogP contribution in [0, 0.1) is 0 Å². The minimum absolute atomic E-state index is 0. The zero-order chi connectivity index (χ0) is 53.5. The number of nitrogens with zero attached hydrogens (tertiary/aromatic N) is 4. The minimum Gasteiger partial charge on any atom is -0.870 e. The van der Waals surface area contributed by atoms with Crippen LogP contribution in [0.2, 0.25) is 10.0 Å². The number of fused-ring (bicyclic) bond motifs is 2. The number of aromatic hydroxyl groups is 1. The molecule has 0 spiro atoms. The number of ether oxygens (including phenoxy) is 2. The number of carbonyl (C=O) groups excluding carboxylic acids is 2. The van der Waals surface area contributed by atoms with Crippen LogP contribution >= 0.6 is 23.2 Å². The quantitative estimate of drug-likeness (QED) is 0.0449. The van der Waals surface area contributed by atoms with Gasteiger partial charge in [0.1, 0.15) is 43.6 Å². The van der Waals surface area contributed by atoms with Gasteiger partial charge in [-0.25, -0.2) is 8.42 Å². The number of anilines is 2. The normalized spacial score (nSPS) is 11.5. The molecule has 2 amide bonds. The number of carbonyl (C=O) groups is 2. The van der Waals surface area contributed by atoms with Gasteiger partial charge in [0.25, 0.3) is 21.9 Å². The van der Waals surface area contributed by atoms with Crippen molar-refractivity contribution in [2.45, 2.75) is 36.5 Å². The first-order valence-electron chi connectivity index (χ1n) is 22.1. The summed E-state index contributed by atoms with van der Waals surface area (Å²) in [6.45, 7) is 3.40. The third-order valence-corrected chi connectivity index (χ3v) is 14.2. The molecule has 75 heavy (non-hydrogen) atoms. The van der Waals surface area contributed by atoms with Gasteiger partial charge < -0.3 is 34.9 Å². The monoisotopic (exact) mass is 1120 g/mol. The first-order valence-corrected chi connectivity index (χ1v) is 25.7. The molecule has 0 aliphatic heterocycles. The van der Waals surface area contributed by atoms with Crippen molar-refractivity contribution in [1.29, 1.82) is 0 Å². The first-order chi connectivity index (χ1) is 35.3. The van der Waals surface area contributed by atoms with Gasteiger partial charge in [-0.2, -0.15) is 13.5 Å². The number of phenols is 1. The van der Waals surface area contributed by atoms with Crippen LogP contribution in [0.15, 0.2) is 164 Å². The molecule has 8 aromatic rings. The van der Waals surface area contributed by atoms with Gasteiger partial charge in [-0.05, 0) is 108 Å². The van der Waals surface area contributed by atoms with E-state index in [-0.39, 0.29) is 93.6 Å². The van der Waals surface area contributed by atoms with E-state index in [1.54, 1.807) is 111 Å². The molecule has 23 heteroatoms. The predicted octanol–water partition coefficient (Wildman–Crippen LogP) is 12.0. The predicted molar refractivity (Wildman–Crippen MR) is 284 cm³/mol. The number of azo groups is 2. The van der Waals surface area contributed by atoms with Gasteiger partial charge in [0.15, 0.2) is 5.75 Å². The largest absolute Gasteiger partial charge is 2.00 e. The van der Waals surface area contributed by atoms with Crippen LogP contribution < -0.4 is 25.2 Å². The molecule has 0 saturated heterocycles. The summed E-state index contributed by atoms with van der Waals surface area (Å²) in [5.41, 5.74) is 0.990. The fraction of sp³-hybridized carbons (Fsp3) is 0.115. The summed E-state index contributed by atoms with van der Waals surface area (Å²) in [6, 6.07) is 35.8. The molecule has 0 atom stereocenters. The van der Waals surface area contributed by atoms with E-state index in [0.29, 0.717) is 56.4 Å². The van der Waals surface area contributed by atoms with Crippen LogP contribution in [-0.2, 0) is 33.1 Å². The summed E-state index contributed by atoms with van der Waals surface area (Å²) in [5, 5.41) is 47.4. The van der Waals surface area contributed by atoms with E-state index in [0.717, 1.165) is 0 Å². The summed E-state index contributed by atoms with van der Waals surface area (Å²) < 4.78 is 79.0. The topological polar surface area (TPSA) is 281 Å². The second kappa shape index (κ2) is 24.7. The molecule has 18 nitrogen and oxygen atoms in total. The minimum atomic E-state index is -4.88. The molecule has 0 bridgehead atoms. The van der Waals surface area contributed by atoms with E-state index in [1.165, 1.54) is 50.6 Å². The summed E-state index contributed by atoms with van der Waals surface area (Å²) in [5.74, 6) is -1.12. The van der Waals surface area contributed by atoms with Gasteiger partial charge in [0, 0.05) is 27.7 Å². The Morgan fingerprint density at radius 2 is 1.01 bits per heavy atom. The number of hydrogen-bond donors (Lipinski definition) is 4. The van der Waals surface area contributed by atoms with Crippen molar-refractivity contribution in [2.24, 2.45) is 20.5 Å². The maximum atomic E-state index is 13.3. The average molecular weight is 1120 g/mol. The fourth-order valence-electron chi connectivity index (χ4n) is 7.55. The molecule has 0 aliphatic carbocycles. The summed E-state index contributed by atoms with van der Waals surface area (Å²) in [6.07, 6.45) is 0.567. The third kappa shape index (κ3) is 13.2. The van der Waals surface area contributed by atoms with Crippen LogP contribution in [-0.4, -0.2) is 94.8 Å². The fourth-order valence-corrected chi connectivity index (χ4v) is 10.3. The molecule has 8 rings (SSSR count). The van der Waals surface area contributed by atoms with Gasteiger partial charge in [-0.15, -0.1) is 15.3 Å². The number of nitrogens with one attached hydrogen (secondary N) is 2. The summed E-state index contributed by atoms with van der Waals surface area (Å²) in [4.78, 5) is 25.0. The first kappa shape index (κ1) is 57.6. The molecular weight excluding hydrogens is 1080 g/mol. The smallest absolute Gasteiger partial charge is 0.870 e. The number of aryl methyl sites for hydroxylation is 2. The standard InChI is InChI=1S/2C26H22ClN3O6S.Ca/c2*1-3-15-8-13-21(22(27)25(15)37(33,34)35)29-30-23-19-7-5-4-6-16(19)14-20(24(23)31)26(32)28-17-9-11-18(36-2)12-10-17;/h2*4-14,31H,3H2,1-2H3,(H,28,32)(H,33,34,35);/q;;+2/p-2. The van der Waals surface area contributed by atoms with E-state index in [2.05, 4.69) is 31.1 Å². The molecule has 8 aromatic carbocycles. The van der Waals surface area contributed by atoms with Gasteiger partial charge >= 0.3 is 37.7 Å². The Hall–Kier alpha value is -6.72. The Morgan fingerprint density at radius 1 is 0.600 bits per heavy atom. The van der Waals surface area contributed by atoms with E-state index in [9.17, 15) is 45.7 Å². The van der Waals surface area contributed by atoms with Crippen molar-refractivity contribution < 1.29 is 55.2 Å². The van der Waals surface area contributed by atoms with Gasteiger partial charge in [0.05, 0.1) is 40.4 Å². The molecule has 0 aliphatic rings. The average Bonchev–Trinajstić information content (AvgIpc) is 3.38. The number of halogens is 2. The van der Waals surface area contributed by atoms with E-state index in [1.807, 2.05) is 0 Å². The van der Waals surface area contributed by atoms with Gasteiger partial charge in [-0.1, -0.05) is 103 Å². The van der Waals surface area contributed by atoms with Gasteiger partial charge in [-0.3, -0.25) is 14.1 Å². The van der Waals surface area contributed by atoms with Crippen LogP contribution in [0.25, 0.3) is 21.5 Å². The van der Waals surface area contributed by atoms with Crippen molar-refractivity contribution >= 4 is 149 Å². The second-order valence-corrected chi connectivity index (χ2v) is 19.3. The second-order valence-electron chi connectivity index (χ2n) is 15.8. The van der Waals surface area contributed by atoms with E-state index < -0.39 is 53.3 Å². The molecule has 4 N–H and O–H groups in total. The number of amides is 2. The Labute approximate surface area is 470 Å². The van der Waals surface area contributed by atoms with Crippen molar-refractivity contribution in [2.75, 3.05) is 24.9 Å². The Kier molecular flexibility index (Phi) is 19.0. The number of rotatable bonds is 14. The van der Waals surface area contributed by atoms with Crippen molar-refractivity contribution in [1.82, 2.24) is 0 Å². The Bertz CT molecular complexity index is 3530. The zero-order valence-electron chi connectivity index (χ0n) is 40.2. The SMILES string of the molecule is CCc1ccc(N=Nc2c(O)c(C(=O)Nc3ccc(OC)cc3)cc3ccccc23)c(Cl)c1S(=O)(=O)O.CCc1ccc(N=Nc2c([O-])c(C(=O)Nc3ccc(OC)cc3)cc3ccccc23)c(Cl)c1S(=O)(=O)[O-].[Ca+2]. The summed E-state index contributed by atoms with van der Waals surface area (Å²) >= 11 is 12.5. The van der Waals surface area contributed by atoms with E-state index >= 15 is 0 Å². The van der Waals surface area contributed by atoms with Crippen molar-refractivity contribution in [3.05, 3.63) is 166 Å². The molecule has 0 fully saturated rings. The maximum absolute atomic E-state index is 13.3. The zero-order valence-corrected chi connectivity index (χ0v) is 45.5. The van der Waals surface area contributed by atoms with Crippen LogP contribution in [0.5, 0.6) is 23.0 Å². The van der Waals surface area contributed by atoms with Crippen LogP contribution in [0.3, 0.4) is 0 Å². The molecule has 0 heterocycles. The molecule has 380 valence electrons. The van der Waals surface area contributed by atoms with Crippen LogP contribution in [0.4, 0.5) is 34.1 Å². The van der Waals surface area contributed by atoms with E-state index in [4.69, 9.17) is 32.7 Å². The molecule has 0 aromatic heterocycles. The van der Waals surface area contributed by atoms with Crippen molar-refractivity contribution in [3.8, 4) is 23.0 Å². The molecule has 0 radical (unpaired) electrons. The van der Waals surface area contributed by atoms with Crippen LogP contribution in [0.1, 0.15) is 45.7 Å². The maximum Gasteiger partial charge on any atom is 2.00 e. The Morgan fingerprint density at radius 3 is 1.47 bits per heavy atom. The summed E-state index contributed by atoms with van der Waals surface area (Å²) in [7, 11) is -6.45. The number of benzene rings is 8. The van der Waals surface area contributed by atoms with Gasteiger partial charge in [0.2, 0.25) is 0 Å². The number of phenolic OH excluding ortho intramolecular Hbond substituents is 1.